The van der Waals surface area contributed by atoms with E-state index in [9.17, 15) is 5.41 Å². The van der Waals surface area contributed by atoms with Crippen LogP contribution in [0.3, 0.4) is 0 Å². The maximum absolute atomic E-state index is 9.58. The molecule has 0 aliphatic carbocycles. The summed E-state index contributed by atoms with van der Waals surface area (Å²) in [5.74, 6) is 0.0801. The lowest BCUT2D eigenvalue weighted by Crippen LogP contribution is -2.09. The number of nitrogens with two attached hydrogens (primary N) is 1. The molecule has 2 N–H and O–H groups in total. The summed E-state index contributed by atoms with van der Waals surface area (Å²) in [4.78, 5) is 3.89. The molecule has 0 amide bonds. The predicted molar refractivity (Wildman–Crippen MR) is 51.0 cm³/mol. The van der Waals surface area contributed by atoms with Gasteiger partial charge < -0.3 is 11.1 Å². The molecule has 1 rings (SSSR count). The molecule has 0 saturated carbocycles. The minimum atomic E-state index is 0.0801. The summed E-state index contributed by atoms with van der Waals surface area (Å²) < 4.78 is 0. The number of nitrogens with zero attached hydrogens (tertiary/aromatic N) is 2. The highest BCUT2D eigenvalue weighted by molar-refractivity contribution is 6.07. The summed E-state index contributed by atoms with van der Waals surface area (Å²) in [6.07, 6.45) is 3.18. The molecule has 0 bridgehead atoms. The third-order valence-corrected chi connectivity index (χ3v) is 1.68. The zero-order chi connectivity index (χ0) is 9.14. The van der Waals surface area contributed by atoms with Crippen LogP contribution >= 0.6 is 0 Å². The van der Waals surface area contributed by atoms with Crippen molar-refractivity contribution in [2.45, 2.75) is 13.8 Å². The summed E-state index contributed by atoms with van der Waals surface area (Å²) in [6, 6.07) is 1.67. The van der Waals surface area contributed by atoms with Crippen molar-refractivity contribution in [1.29, 1.82) is 0 Å². The van der Waals surface area contributed by atoms with Gasteiger partial charge in [-0.15, -0.1) is 0 Å². The number of nitrogen functional groups attached to an aromatic ring is 1. The van der Waals surface area contributed by atoms with Gasteiger partial charge in [0.25, 0.3) is 0 Å². The summed E-state index contributed by atoms with van der Waals surface area (Å²) in [5.41, 5.74) is 7.13. The van der Waals surface area contributed by atoms with Gasteiger partial charge in [-0.3, -0.25) is 4.98 Å². The van der Waals surface area contributed by atoms with Gasteiger partial charge in [-0.2, -0.15) is 5.71 Å². The summed E-state index contributed by atoms with van der Waals surface area (Å²) >= 11 is 0. The summed E-state index contributed by atoms with van der Waals surface area (Å²) in [6.45, 7) is 3.81. The average molecular weight is 162 g/mol. The van der Waals surface area contributed by atoms with Crippen LogP contribution < -0.4 is 5.73 Å². The van der Waals surface area contributed by atoms with E-state index in [4.69, 9.17) is 5.73 Å². The molecule has 64 valence electrons. The van der Waals surface area contributed by atoms with Crippen molar-refractivity contribution in [2.75, 3.05) is 5.73 Å². The summed E-state index contributed by atoms with van der Waals surface area (Å²) in [5, 5.41) is 9.58. The standard InChI is InChI=1S/C9H12N3/c1-6(2)9(11)7-5-12-4-3-8(7)10/h3-6H,1-2H3,(H2,10,12)/q-1. The van der Waals surface area contributed by atoms with Crippen molar-refractivity contribution >= 4 is 11.4 Å². The van der Waals surface area contributed by atoms with Crippen LogP contribution in [-0.2, 0) is 0 Å². The lowest BCUT2D eigenvalue weighted by Gasteiger charge is -2.18. The van der Waals surface area contributed by atoms with E-state index < -0.39 is 0 Å². The van der Waals surface area contributed by atoms with Crippen molar-refractivity contribution in [1.82, 2.24) is 4.98 Å². The second-order valence-corrected chi connectivity index (χ2v) is 3.00. The van der Waals surface area contributed by atoms with Crippen LogP contribution in [0.2, 0.25) is 0 Å². The number of hydrogen-bond donors (Lipinski definition) is 1. The van der Waals surface area contributed by atoms with Gasteiger partial charge in [0.2, 0.25) is 0 Å². The molecular weight excluding hydrogens is 150 g/mol. The molecule has 0 atom stereocenters. The van der Waals surface area contributed by atoms with E-state index in [1.165, 1.54) is 0 Å². The Kier molecular flexibility index (Phi) is 2.43. The van der Waals surface area contributed by atoms with Crippen LogP contribution in [0.15, 0.2) is 18.5 Å². The topological polar surface area (TPSA) is 61.2 Å². The van der Waals surface area contributed by atoms with E-state index in [1.54, 1.807) is 18.5 Å². The summed E-state index contributed by atoms with van der Waals surface area (Å²) in [7, 11) is 0. The third kappa shape index (κ3) is 1.61. The highest BCUT2D eigenvalue weighted by atomic mass is 14.7. The molecule has 0 fully saturated rings. The van der Waals surface area contributed by atoms with E-state index in [-0.39, 0.29) is 5.92 Å². The highest BCUT2D eigenvalue weighted by Gasteiger charge is 2.01. The average Bonchev–Trinajstić information content (AvgIpc) is 2.04. The van der Waals surface area contributed by atoms with Crippen LogP contribution in [0.1, 0.15) is 19.4 Å². The molecule has 0 aliphatic rings. The van der Waals surface area contributed by atoms with Crippen molar-refractivity contribution in [3.05, 3.63) is 29.4 Å². The molecule has 0 aliphatic heterocycles. The Morgan fingerprint density at radius 3 is 2.75 bits per heavy atom. The maximum atomic E-state index is 9.58. The molecule has 0 radical (unpaired) electrons. The third-order valence-electron chi connectivity index (χ3n) is 1.68. The van der Waals surface area contributed by atoms with Gasteiger partial charge in [-0.25, -0.2) is 0 Å². The first kappa shape index (κ1) is 8.71. The van der Waals surface area contributed by atoms with E-state index in [1.807, 2.05) is 13.8 Å². The van der Waals surface area contributed by atoms with Crippen molar-refractivity contribution in [2.24, 2.45) is 5.92 Å². The number of hydrogen-bond acceptors (Lipinski definition) is 2. The minimum absolute atomic E-state index is 0.0801. The number of pyridine rings is 1. The molecule has 3 nitrogen and oxygen atoms in total. The molecule has 1 heterocycles. The smallest absolute Gasteiger partial charge is 0.0402 e. The first-order valence-corrected chi connectivity index (χ1v) is 3.88. The van der Waals surface area contributed by atoms with Gasteiger partial charge in [0.15, 0.2) is 0 Å². The fourth-order valence-electron chi connectivity index (χ4n) is 0.930. The van der Waals surface area contributed by atoms with Crippen LogP contribution in [0.25, 0.3) is 5.41 Å². The zero-order valence-corrected chi connectivity index (χ0v) is 7.28. The maximum Gasteiger partial charge on any atom is 0.0402 e. The lowest BCUT2D eigenvalue weighted by atomic mass is 10.0. The monoisotopic (exact) mass is 162 g/mol. The van der Waals surface area contributed by atoms with E-state index in [0.717, 1.165) is 0 Å². The normalized spacial score (nSPS) is 10.2. The molecule has 0 spiro atoms. The van der Waals surface area contributed by atoms with E-state index in [0.29, 0.717) is 17.0 Å². The molecule has 1 aromatic rings. The second kappa shape index (κ2) is 3.34. The van der Waals surface area contributed by atoms with Gasteiger partial charge in [0, 0.05) is 18.1 Å². The molecule has 0 unspecified atom stereocenters. The molecule has 0 aromatic carbocycles. The van der Waals surface area contributed by atoms with Crippen LogP contribution in [-0.4, -0.2) is 10.7 Å². The SMILES string of the molecule is CC(C)C(=[N-])c1cnccc1N. The van der Waals surface area contributed by atoms with Gasteiger partial charge in [0.1, 0.15) is 0 Å². The fraction of sp³-hybridized carbons (Fsp3) is 0.333. The van der Waals surface area contributed by atoms with Crippen LogP contribution in [0, 0.1) is 5.92 Å². The lowest BCUT2D eigenvalue weighted by molar-refractivity contribution is 0.895. The number of aromatic nitrogens is 1. The van der Waals surface area contributed by atoms with E-state index >= 15 is 0 Å². The predicted octanol–water partition coefficient (Wildman–Crippen LogP) is 1.68. The van der Waals surface area contributed by atoms with Gasteiger partial charge in [0.05, 0.1) is 0 Å². The fourth-order valence-corrected chi connectivity index (χ4v) is 0.930. The van der Waals surface area contributed by atoms with Crippen LogP contribution in [0.5, 0.6) is 0 Å². The number of rotatable bonds is 2. The number of anilines is 1. The quantitative estimate of drug-likeness (QED) is 0.672. The van der Waals surface area contributed by atoms with Crippen molar-refractivity contribution in [3.8, 4) is 0 Å². The van der Waals surface area contributed by atoms with Crippen LogP contribution in [0.4, 0.5) is 5.69 Å². The Labute approximate surface area is 72.1 Å². The Hall–Kier alpha value is -1.38. The Balaban J connectivity index is 3.03. The van der Waals surface area contributed by atoms with Crippen molar-refractivity contribution in [3.63, 3.8) is 0 Å². The molecular formula is C9H12N3-. The Bertz CT molecular complexity index is 292. The van der Waals surface area contributed by atoms with Crippen molar-refractivity contribution < 1.29 is 0 Å². The van der Waals surface area contributed by atoms with E-state index in [2.05, 4.69) is 4.98 Å². The first-order chi connectivity index (χ1) is 5.63. The minimum Gasteiger partial charge on any atom is -0.807 e. The Morgan fingerprint density at radius 1 is 1.58 bits per heavy atom. The second-order valence-electron chi connectivity index (χ2n) is 3.00. The molecule has 1 aromatic heterocycles. The highest BCUT2D eigenvalue weighted by Crippen LogP contribution is 2.13. The largest absolute Gasteiger partial charge is 0.807 e. The van der Waals surface area contributed by atoms with Gasteiger partial charge in [-0.1, -0.05) is 13.8 Å². The van der Waals surface area contributed by atoms with Gasteiger partial charge in [-0.05, 0) is 17.5 Å². The van der Waals surface area contributed by atoms with Gasteiger partial charge >= 0.3 is 0 Å². The first-order valence-electron chi connectivity index (χ1n) is 3.88. The molecule has 12 heavy (non-hydrogen) atoms. The Morgan fingerprint density at radius 2 is 2.25 bits per heavy atom. The zero-order valence-electron chi connectivity index (χ0n) is 7.28. The molecule has 0 saturated heterocycles. The molecule has 3 heteroatoms.